The van der Waals surface area contributed by atoms with Gasteiger partial charge in [-0.1, -0.05) is 43.1 Å². The summed E-state index contributed by atoms with van der Waals surface area (Å²) >= 11 is 12.2. The molecule has 0 saturated heterocycles. The van der Waals surface area contributed by atoms with Gasteiger partial charge in [-0.05, 0) is 54.3 Å². The molecule has 0 radical (unpaired) electrons. The summed E-state index contributed by atoms with van der Waals surface area (Å²) < 4.78 is 15.5. The van der Waals surface area contributed by atoms with E-state index in [1.54, 1.807) is 21.7 Å². The molecule has 0 bridgehead atoms. The smallest absolute Gasteiger partial charge is 0.280 e. The summed E-state index contributed by atoms with van der Waals surface area (Å²) in [4.78, 5) is 15.2. The van der Waals surface area contributed by atoms with Crippen molar-refractivity contribution < 1.29 is 14.3 Å². The minimum atomic E-state index is -0.551. The molecule has 2 heterocycles. The number of aliphatic hydroxyl groups is 1. The van der Waals surface area contributed by atoms with Gasteiger partial charge in [-0.25, -0.2) is 4.39 Å². The lowest BCUT2D eigenvalue weighted by Crippen LogP contribution is -2.31. The molecule has 1 aliphatic rings. The number of fused-ring (bicyclic) bond motifs is 1. The lowest BCUT2D eigenvalue weighted by atomic mass is 9.92. The summed E-state index contributed by atoms with van der Waals surface area (Å²) in [5.41, 5.74) is 4.30. The maximum absolute atomic E-state index is 13.8. The molecule has 1 aromatic heterocycles. The number of aryl methyl sites for hydroxylation is 1. The normalized spacial score (nSPS) is 15.8. The van der Waals surface area contributed by atoms with Crippen molar-refractivity contribution >= 4 is 34.8 Å². The van der Waals surface area contributed by atoms with Crippen LogP contribution in [0.2, 0.25) is 10.0 Å². The number of hydrogen-bond donors (Lipinski definition) is 1. The van der Waals surface area contributed by atoms with Crippen molar-refractivity contribution in [2.24, 2.45) is 0 Å². The maximum atomic E-state index is 13.8. The van der Waals surface area contributed by atoms with Gasteiger partial charge in [0.2, 0.25) is 0 Å². The number of anilines is 1. The highest BCUT2D eigenvalue weighted by Crippen LogP contribution is 2.46. The van der Waals surface area contributed by atoms with E-state index in [1.165, 1.54) is 12.1 Å². The van der Waals surface area contributed by atoms with E-state index in [1.807, 2.05) is 32.9 Å². The van der Waals surface area contributed by atoms with Crippen molar-refractivity contribution in [3.63, 3.8) is 0 Å². The molecule has 5 nitrogen and oxygen atoms in total. The van der Waals surface area contributed by atoms with Crippen LogP contribution in [0.15, 0.2) is 36.4 Å². The molecular weight excluding hydrogens is 440 g/mol. The van der Waals surface area contributed by atoms with Gasteiger partial charge in [0.05, 0.1) is 24.2 Å². The second-order valence-electron chi connectivity index (χ2n) is 7.93. The summed E-state index contributed by atoms with van der Waals surface area (Å²) in [5.74, 6) is -0.789. The lowest BCUT2D eigenvalue weighted by Gasteiger charge is -2.29. The molecule has 1 aliphatic heterocycles. The van der Waals surface area contributed by atoms with Gasteiger partial charge in [-0.3, -0.25) is 14.4 Å². The Morgan fingerprint density at radius 2 is 1.94 bits per heavy atom. The number of carbonyl (C=O) groups excluding carboxylic acids is 1. The lowest BCUT2D eigenvalue weighted by molar-refractivity contribution is 0.0987. The van der Waals surface area contributed by atoms with E-state index >= 15 is 0 Å². The Morgan fingerprint density at radius 3 is 2.55 bits per heavy atom. The molecule has 4 rings (SSSR count). The van der Waals surface area contributed by atoms with E-state index in [9.17, 15) is 14.3 Å². The number of aliphatic hydroxyl groups excluding tert-OH is 1. The van der Waals surface area contributed by atoms with Gasteiger partial charge >= 0.3 is 0 Å². The zero-order valence-electron chi connectivity index (χ0n) is 17.4. The van der Waals surface area contributed by atoms with Crippen LogP contribution in [0.3, 0.4) is 0 Å². The van der Waals surface area contributed by atoms with E-state index in [-0.39, 0.29) is 23.5 Å². The first-order valence-electron chi connectivity index (χ1n) is 10.0. The molecule has 0 aliphatic carbocycles. The van der Waals surface area contributed by atoms with Crippen LogP contribution in [0, 0.1) is 12.7 Å². The van der Waals surface area contributed by atoms with Gasteiger partial charge < -0.3 is 5.11 Å². The highest BCUT2D eigenvalue weighted by molar-refractivity contribution is 6.31. The third-order valence-electron chi connectivity index (χ3n) is 5.55. The third kappa shape index (κ3) is 3.63. The van der Waals surface area contributed by atoms with Crippen LogP contribution in [0.25, 0.3) is 0 Å². The van der Waals surface area contributed by atoms with Crippen LogP contribution in [0.5, 0.6) is 0 Å². The van der Waals surface area contributed by atoms with Crippen LogP contribution in [0.4, 0.5) is 10.1 Å². The summed E-state index contributed by atoms with van der Waals surface area (Å²) in [6, 6.07) is 9.30. The molecule has 8 heteroatoms. The van der Waals surface area contributed by atoms with Crippen molar-refractivity contribution in [3.05, 3.63) is 80.3 Å². The quantitative estimate of drug-likeness (QED) is 0.545. The van der Waals surface area contributed by atoms with Gasteiger partial charge in [-0.15, -0.1) is 0 Å². The van der Waals surface area contributed by atoms with E-state index in [2.05, 4.69) is 5.10 Å². The molecule has 0 spiro atoms. The molecule has 1 unspecified atom stereocenters. The summed E-state index contributed by atoms with van der Waals surface area (Å²) in [6.45, 7) is 6.20. The fraction of sp³-hybridized carbons (Fsp3) is 0.304. The Hall–Kier alpha value is -2.41. The average Bonchev–Trinajstić information content (AvgIpc) is 3.20. The zero-order valence-corrected chi connectivity index (χ0v) is 18.9. The maximum Gasteiger partial charge on any atom is 0.280 e. The minimum Gasteiger partial charge on any atom is -0.394 e. The number of nitrogens with zero attached hydrogens (tertiary/aromatic N) is 3. The summed E-state index contributed by atoms with van der Waals surface area (Å²) in [7, 11) is 0. The van der Waals surface area contributed by atoms with E-state index in [4.69, 9.17) is 23.2 Å². The van der Waals surface area contributed by atoms with Gasteiger partial charge in [-0.2, -0.15) is 5.10 Å². The number of amides is 1. The molecule has 1 atom stereocenters. The van der Waals surface area contributed by atoms with Gasteiger partial charge in [0.1, 0.15) is 5.82 Å². The van der Waals surface area contributed by atoms with Crippen LogP contribution < -0.4 is 4.90 Å². The van der Waals surface area contributed by atoms with Crippen LogP contribution in [0.1, 0.15) is 58.7 Å². The first kappa shape index (κ1) is 21.8. The Balaban J connectivity index is 1.99. The third-order valence-corrected chi connectivity index (χ3v) is 6.07. The fourth-order valence-electron chi connectivity index (χ4n) is 4.29. The van der Waals surface area contributed by atoms with Crippen LogP contribution in [-0.2, 0) is 6.54 Å². The van der Waals surface area contributed by atoms with Crippen molar-refractivity contribution in [1.29, 1.82) is 0 Å². The largest absolute Gasteiger partial charge is 0.394 e. The van der Waals surface area contributed by atoms with Crippen molar-refractivity contribution in [2.45, 2.75) is 39.3 Å². The number of carbonyl (C=O) groups is 1. The predicted molar refractivity (Wildman–Crippen MR) is 120 cm³/mol. The molecule has 0 fully saturated rings. The second kappa shape index (κ2) is 8.26. The molecular formula is C23H22Cl2FN3O2. The van der Waals surface area contributed by atoms with Gasteiger partial charge in [0, 0.05) is 22.0 Å². The first-order valence-corrected chi connectivity index (χ1v) is 10.8. The molecule has 1 amide bonds. The van der Waals surface area contributed by atoms with Gasteiger partial charge in [0.15, 0.2) is 5.69 Å². The number of benzene rings is 2. The van der Waals surface area contributed by atoms with Gasteiger partial charge in [0.25, 0.3) is 5.91 Å². The Labute approximate surface area is 190 Å². The molecule has 31 heavy (non-hydrogen) atoms. The zero-order chi connectivity index (χ0) is 22.4. The number of halogens is 3. The van der Waals surface area contributed by atoms with E-state index < -0.39 is 11.9 Å². The standard InChI is InChI=1S/C23H22Cl2FN3O2/c1-12(2)21-19-20(27-28(21)8-9-30)23(31)29(15-5-7-18(26)17(25)11-15)22(19)16-6-4-14(24)10-13(16)3/h4-7,10-12,22,30H,8-9H2,1-3H3. The van der Waals surface area contributed by atoms with Crippen LogP contribution in [-0.4, -0.2) is 27.4 Å². The van der Waals surface area contributed by atoms with E-state index in [0.29, 0.717) is 22.9 Å². The van der Waals surface area contributed by atoms with E-state index in [0.717, 1.165) is 22.4 Å². The van der Waals surface area contributed by atoms with Crippen molar-refractivity contribution in [1.82, 2.24) is 9.78 Å². The molecule has 2 aromatic carbocycles. The average molecular weight is 462 g/mol. The van der Waals surface area contributed by atoms with Crippen molar-refractivity contribution in [2.75, 3.05) is 11.5 Å². The number of hydrogen-bond acceptors (Lipinski definition) is 3. The van der Waals surface area contributed by atoms with Crippen LogP contribution >= 0.6 is 23.2 Å². The summed E-state index contributed by atoms with van der Waals surface area (Å²) in [6.07, 6.45) is 0. The molecule has 3 aromatic rings. The number of rotatable bonds is 5. The molecule has 1 N–H and O–H groups in total. The monoisotopic (exact) mass is 461 g/mol. The minimum absolute atomic E-state index is 0.0578. The first-order chi connectivity index (χ1) is 14.7. The highest BCUT2D eigenvalue weighted by Gasteiger charge is 2.45. The molecule has 0 saturated carbocycles. The molecule has 162 valence electrons. The fourth-order valence-corrected chi connectivity index (χ4v) is 4.69. The Bertz CT molecular complexity index is 1180. The topological polar surface area (TPSA) is 58.4 Å². The highest BCUT2D eigenvalue weighted by atomic mass is 35.5. The Kier molecular flexibility index (Phi) is 5.81. The SMILES string of the molecule is Cc1cc(Cl)ccc1C1c2c(nn(CCO)c2C(C)C)C(=O)N1c1ccc(F)c(Cl)c1. The predicted octanol–water partition coefficient (Wildman–Crippen LogP) is 5.50. The number of aromatic nitrogens is 2. The second-order valence-corrected chi connectivity index (χ2v) is 8.77. The van der Waals surface area contributed by atoms with Crippen molar-refractivity contribution in [3.8, 4) is 0 Å². The summed E-state index contributed by atoms with van der Waals surface area (Å²) in [5, 5.41) is 14.6. The Morgan fingerprint density at radius 1 is 1.19 bits per heavy atom.